The molecule has 0 aliphatic carbocycles. The summed E-state index contributed by atoms with van der Waals surface area (Å²) in [5.41, 5.74) is 6.00. The van der Waals surface area contributed by atoms with Crippen LogP contribution >= 0.6 is 0 Å². The van der Waals surface area contributed by atoms with Crippen LogP contribution in [-0.2, 0) is 9.53 Å². The Hall–Kier alpha value is -2.96. The summed E-state index contributed by atoms with van der Waals surface area (Å²) in [5, 5.41) is 2.18. The molecule has 0 bridgehead atoms. The van der Waals surface area contributed by atoms with E-state index in [4.69, 9.17) is 10.5 Å². The van der Waals surface area contributed by atoms with Crippen LogP contribution in [0.2, 0.25) is 0 Å². The summed E-state index contributed by atoms with van der Waals surface area (Å²) < 4.78 is 30.8. The van der Waals surface area contributed by atoms with Crippen LogP contribution in [0.25, 0.3) is 0 Å². The number of nitrogens with one attached hydrogen (secondary N) is 1. The number of nitrogens with two attached hydrogens (primary N) is 1. The Balaban J connectivity index is 1.89. The molecule has 0 aromatic heterocycles. The maximum absolute atomic E-state index is 13.3. The van der Waals surface area contributed by atoms with Crippen LogP contribution in [0.5, 0.6) is 0 Å². The molecule has 0 saturated carbocycles. The first-order valence-electron chi connectivity index (χ1n) is 6.23. The topological polar surface area (TPSA) is 81.4 Å². The second kappa shape index (κ2) is 6.66. The first-order valence-corrected chi connectivity index (χ1v) is 6.23. The van der Waals surface area contributed by atoms with Crippen LogP contribution in [0.3, 0.4) is 0 Å². The zero-order valence-electron chi connectivity index (χ0n) is 11.3. The third kappa shape index (κ3) is 4.02. The smallest absolute Gasteiger partial charge is 0.338 e. The zero-order chi connectivity index (χ0) is 16.1. The molecule has 3 N–H and O–H groups in total. The highest BCUT2D eigenvalue weighted by atomic mass is 19.1. The number of rotatable bonds is 4. The molecule has 0 aliphatic rings. The SMILES string of the molecule is Nc1ccc(C(=O)OCC(=O)Nc2ccc(F)cc2F)cc1. The maximum atomic E-state index is 13.3. The van der Waals surface area contributed by atoms with Crippen LogP contribution in [0.1, 0.15) is 10.4 Å². The molecule has 0 unspecified atom stereocenters. The first-order chi connectivity index (χ1) is 10.5. The number of nitrogen functional groups attached to an aromatic ring is 1. The van der Waals surface area contributed by atoms with Gasteiger partial charge in [-0.3, -0.25) is 4.79 Å². The Morgan fingerprint density at radius 3 is 2.41 bits per heavy atom. The molecule has 22 heavy (non-hydrogen) atoms. The van der Waals surface area contributed by atoms with Gasteiger partial charge in [-0.1, -0.05) is 0 Å². The summed E-state index contributed by atoms with van der Waals surface area (Å²) in [4.78, 5) is 23.2. The van der Waals surface area contributed by atoms with Gasteiger partial charge >= 0.3 is 5.97 Å². The number of carbonyl (C=O) groups is 2. The van der Waals surface area contributed by atoms with E-state index in [0.29, 0.717) is 11.8 Å². The lowest BCUT2D eigenvalue weighted by atomic mass is 10.2. The molecule has 7 heteroatoms. The molecule has 2 aromatic rings. The Morgan fingerprint density at radius 2 is 1.77 bits per heavy atom. The molecule has 1 amide bonds. The third-order valence-electron chi connectivity index (χ3n) is 2.69. The van der Waals surface area contributed by atoms with Crippen molar-refractivity contribution in [2.75, 3.05) is 17.7 Å². The van der Waals surface area contributed by atoms with E-state index in [1.54, 1.807) is 0 Å². The van der Waals surface area contributed by atoms with E-state index in [2.05, 4.69) is 5.32 Å². The first kappa shape index (κ1) is 15.4. The number of amides is 1. The fourth-order valence-corrected chi connectivity index (χ4v) is 1.61. The van der Waals surface area contributed by atoms with Crippen molar-refractivity contribution in [2.45, 2.75) is 0 Å². The average Bonchev–Trinajstić information content (AvgIpc) is 2.48. The Morgan fingerprint density at radius 1 is 1.09 bits per heavy atom. The van der Waals surface area contributed by atoms with Gasteiger partial charge in [-0.25, -0.2) is 13.6 Å². The van der Waals surface area contributed by atoms with Crippen molar-refractivity contribution >= 4 is 23.3 Å². The second-order valence-electron chi connectivity index (χ2n) is 4.37. The molecule has 5 nitrogen and oxygen atoms in total. The van der Waals surface area contributed by atoms with E-state index < -0.39 is 30.1 Å². The molecule has 2 aromatic carbocycles. The highest BCUT2D eigenvalue weighted by molar-refractivity contribution is 5.95. The van der Waals surface area contributed by atoms with Crippen molar-refractivity contribution in [3.8, 4) is 0 Å². The lowest BCUT2D eigenvalue weighted by molar-refractivity contribution is -0.119. The monoisotopic (exact) mass is 306 g/mol. The Bertz CT molecular complexity index is 702. The van der Waals surface area contributed by atoms with Crippen molar-refractivity contribution in [3.05, 3.63) is 59.7 Å². The number of hydrogen-bond acceptors (Lipinski definition) is 4. The number of halogens is 2. The third-order valence-corrected chi connectivity index (χ3v) is 2.69. The van der Waals surface area contributed by atoms with Gasteiger partial charge in [0.25, 0.3) is 5.91 Å². The minimum absolute atomic E-state index is 0.199. The van der Waals surface area contributed by atoms with Crippen molar-refractivity contribution in [2.24, 2.45) is 0 Å². The zero-order valence-corrected chi connectivity index (χ0v) is 11.3. The highest BCUT2D eigenvalue weighted by Gasteiger charge is 2.12. The van der Waals surface area contributed by atoms with Gasteiger partial charge in [0.2, 0.25) is 0 Å². The molecule has 0 heterocycles. The summed E-state index contributed by atoms with van der Waals surface area (Å²) in [7, 11) is 0. The van der Waals surface area contributed by atoms with E-state index in [1.807, 2.05) is 0 Å². The fourth-order valence-electron chi connectivity index (χ4n) is 1.61. The van der Waals surface area contributed by atoms with Gasteiger partial charge in [0.05, 0.1) is 11.3 Å². The normalized spacial score (nSPS) is 10.1. The van der Waals surface area contributed by atoms with Gasteiger partial charge < -0.3 is 15.8 Å². The largest absolute Gasteiger partial charge is 0.452 e. The molecule has 0 atom stereocenters. The molecule has 2 rings (SSSR count). The molecule has 0 radical (unpaired) electrons. The number of esters is 1. The predicted molar refractivity (Wildman–Crippen MR) is 76.1 cm³/mol. The number of hydrogen-bond donors (Lipinski definition) is 2. The lowest BCUT2D eigenvalue weighted by Gasteiger charge is -2.07. The standard InChI is InChI=1S/C15H12F2N2O3/c16-10-3-6-13(12(17)7-10)19-14(20)8-22-15(21)9-1-4-11(18)5-2-9/h1-7H,8,18H2,(H,19,20). The summed E-state index contributed by atoms with van der Waals surface area (Å²) >= 11 is 0. The van der Waals surface area contributed by atoms with E-state index in [-0.39, 0.29) is 11.3 Å². The summed E-state index contributed by atoms with van der Waals surface area (Å²) in [6.45, 7) is -0.597. The quantitative estimate of drug-likeness (QED) is 0.671. The number of carbonyl (C=O) groups excluding carboxylic acids is 2. The van der Waals surface area contributed by atoms with Gasteiger partial charge in [-0.15, -0.1) is 0 Å². The molecular weight excluding hydrogens is 294 g/mol. The van der Waals surface area contributed by atoms with Crippen LogP contribution in [0, 0.1) is 11.6 Å². The molecule has 0 aliphatic heterocycles. The molecule has 0 fully saturated rings. The summed E-state index contributed by atoms with van der Waals surface area (Å²) in [6.07, 6.45) is 0. The Labute approximate surface area is 124 Å². The number of ether oxygens (including phenoxy) is 1. The second-order valence-corrected chi connectivity index (χ2v) is 4.37. The molecule has 0 spiro atoms. The van der Waals surface area contributed by atoms with Gasteiger partial charge in [0, 0.05) is 11.8 Å². The molecule has 114 valence electrons. The lowest BCUT2D eigenvalue weighted by Crippen LogP contribution is -2.21. The van der Waals surface area contributed by atoms with Crippen molar-refractivity contribution in [3.63, 3.8) is 0 Å². The van der Waals surface area contributed by atoms with Crippen LogP contribution < -0.4 is 11.1 Å². The van der Waals surface area contributed by atoms with Gasteiger partial charge in [-0.05, 0) is 36.4 Å². The molecule has 0 saturated heterocycles. The van der Waals surface area contributed by atoms with Crippen molar-refractivity contribution < 1.29 is 23.1 Å². The van der Waals surface area contributed by atoms with Crippen molar-refractivity contribution in [1.82, 2.24) is 0 Å². The summed E-state index contributed by atoms with van der Waals surface area (Å²) in [5.74, 6) is -3.13. The number of benzene rings is 2. The van der Waals surface area contributed by atoms with Gasteiger partial charge in [0.15, 0.2) is 6.61 Å². The Kier molecular flexibility index (Phi) is 4.67. The number of anilines is 2. The minimum Gasteiger partial charge on any atom is -0.452 e. The van der Waals surface area contributed by atoms with Crippen LogP contribution in [0.15, 0.2) is 42.5 Å². The van der Waals surface area contributed by atoms with Crippen molar-refractivity contribution in [1.29, 1.82) is 0 Å². The van der Waals surface area contributed by atoms with E-state index in [9.17, 15) is 18.4 Å². The van der Waals surface area contributed by atoms with Gasteiger partial charge in [0.1, 0.15) is 11.6 Å². The average molecular weight is 306 g/mol. The van der Waals surface area contributed by atoms with Gasteiger partial charge in [-0.2, -0.15) is 0 Å². The van der Waals surface area contributed by atoms with Crippen LogP contribution in [-0.4, -0.2) is 18.5 Å². The summed E-state index contributed by atoms with van der Waals surface area (Å²) in [6, 6.07) is 8.65. The highest BCUT2D eigenvalue weighted by Crippen LogP contribution is 2.14. The minimum atomic E-state index is -0.918. The molecular formula is C15H12F2N2O3. The van der Waals surface area contributed by atoms with Crippen LogP contribution in [0.4, 0.5) is 20.2 Å². The van der Waals surface area contributed by atoms with E-state index in [1.165, 1.54) is 24.3 Å². The van der Waals surface area contributed by atoms with E-state index in [0.717, 1.165) is 12.1 Å². The predicted octanol–water partition coefficient (Wildman–Crippen LogP) is 2.34. The fraction of sp³-hybridized carbons (Fsp3) is 0.0667. The maximum Gasteiger partial charge on any atom is 0.338 e. The van der Waals surface area contributed by atoms with E-state index >= 15 is 0 Å².